The van der Waals surface area contributed by atoms with Crippen LogP contribution in [0.25, 0.3) is 11.3 Å². The highest BCUT2D eigenvalue weighted by Gasteiger charge is 2.31. The molecule has 0 aliphatic rings. The first-order valence-corrected chi connectivity index (χ1v) is 9.36. The minimum atomic E-state index is -4.85. The Kier molecular flexibility index (Phi) is 7.06. The molecule has 1 aromatic heterocycles. The zero-order valence-corrected chi connectivity index (χ0v) is 17.4. The summed E-state index contributed by atoms with van der Waals surface area (Å²) in [5.41, 5.74) is 1.06. The lowest BCUT2D eigenvalue weighted by Crippen LogP contribution is -2.17. The second kappa shape index (κ2) is 9.94. The van der Waals surface area contributed by atoms with Gasteiger partial charge in [0.25, 0.3) is 0 Å². The molecule has 0 bridgehead atoms. The molecule has 0 aliphatic heterocycles. The van der Waals surface area contributed by atoms with Crippen LogP contribution in [0.3, 0.4) is 0 Å². The molecular weight excluding hydrogens is 445 g/mol. The molecule has 0 fully saturated rings. The maximum absolute atomic E-state index is 12.6. The summed E-state index contributed by atoms with van der Waals surface area (Å²) in [5.74, 6) is -0.359. The number of carboxylic acids is 1. The summed E-state index contributed by atoms with van der Waals surface area (Å²) in [6, 6.07) is 11.7. The Morgan fingerprint density at radius 3 is 2.30 bits per heavy atom. The summed E-state index contributed by atoms with van der Waals surface area (Å²) >= 11 is 0. The number of carboxylic acid groups (broad SMARTS) is 1. The van der Waals surface area contributed by atoms with Gasteiger partial charge in [-0.2, -0.15) is 4.98 Å². The Labute approximate surface area is 186 Å². The molecule has 3 rings (SSSR count). The van der Waals surface area contributed by atoms with E-state index >= 15 is 0 Å². The van der Waals surface area contributed by atoms with Crippen molar-refractivity contribution in [1.29, 1.82) is 0 Å². The van der Waals surface area contributed by atoms with E-state index in [1.165, 1.54) is 32.4 Å². The number of nitrogens with zero attached hydrogens (tertiary/aromatic N) is 2. The fourth-order valence-electron chi connectivity index (χ4n) is 2.77. The monoisotopic (exact) mass is 464 g/mol. The average molecular weight is 464 g/mol. The molecule has 0 saturated carbocycles. The van der Waals surface area contributed by atoms with Crippen LogP contribution in [0.1, 0.15) is 0 Å². The van der Waals surface area contributed by atoms with Crippen molar-refractivity contribution in [3.63, 3.8) is 0 Å². The van der Waals surface area contributed by atoms with E-state index in [0.717, 1.165) is 12.1 Å². The zero-order chi connectivity index (χ0) is 24.0. The predicted molar refractivity (Wildman–Crippen MR) is 113 cm³/mol. The summed E-state index contributed by atoms with van der Waals surface area (Å²) in [4.78, 5) is 19.4. The minimum absolute atomic E-state index is 0.0468. The lowest BCUT2D eigenvalue weighted by atomic mass is 10.1. The number of alkyl halides is 3. The van der Waals surface area contributed by atoms with Gasteiger partial charge in [0.1, 0.15) is 29.6 Å². The highest BCUT2D eigenvalue weighted by atomic mass is 19.4. The average Bonchev–Trinajstić information content (AvgIpc) is 2.76. The number of ether oxygens (including phenoxy) is 3. The first kappa shape index (κ1) is 23.4. The van der Waals surface area contributed by atoms with Crippen molar-refractivity contribution in [2.45, 2.75) is 6.36 Å². The van der Waals surface area contributed by atoms with E-state index < -0.39 is 24.6 Å². The van der Waals surface area contributed by atoms with Crippen molar-refractivity contribution in [3.8, 4) is 28.5 Å². The lowest BCUT2D eigenvalue weighted by molar-refractivity contribution is -0.274. The van der Waals surface area contributed by atoms with E-state index in [-0.39, 0.29) is 17.5 Å². The zero-order valence-electron chi connectivity index (χ0n) is 17.4. The third-order valence-corrected chi connectivity index (χ3v) is 4.11. The van der Waals surface area contributed by atoms with Crippen LogP contribution in [0.15, 0.2) is 48.5 Å². The fraction of sp³-hybridized carbons (Fsp3) is 0.190. The Bertz CT molecular complexity index is 1120. The van der Waals surface area contributed by atoms with Gasteiger partial charge in [-0.3, -0.25) is 4.79 Å². The van der Waals surface area contributed by atoms with Gasteiger partial charge in [-0.05, 0) is 12.1 Å². The van der Waals surface area contributed by atoms with Crippen molar-refractivity contribution in [1.82, 2.24) is 9.97 Å². The molecular formula is C21H19F3N4O5. The highest BCUT2D eigenvalue weighted by Crippen LogP contribution is 2.31. The van der Waals surface area contributed by atoms with Crippen LogP contribution >= 0.6 is 0 Å². The van der Waals surface area contributed by atoms with Gasteiger partial charge >= 0.3 is 12.3 Å². The summed E-state index contributed by atoms with van der Waals surface area (Å²) < 4.78 is 52.2. The highest BCUT2D eigenvalue weighted by molar-refractivity contribution is 5.73. The molecule has 3 aromatic rings. The molecule has 0 saturated heterocycles. The van der Waals surface area contributed by atoms with Gasteiger partial charge in [0.05, 0.1) is 19.9 Å². The predicted octanol–water partition coefficient (Wildman–Crippen LogP) is 4.30. The molecule has 0 aliphatic carbocycles. The number of halogens is 3. The van der Waals surface area contributed by atoms with Crippen LogP contribution in [0.2, 0.25) is 0 Å². The molecule has 1 heterocycles. The van der Waals surface area contributed by atoms with Crippen molar-refractivity contribution in [2.75, 3.05) is 31.4 Å². The molecule has 33 heavy (non-hydrogen) atoms. The molecule has 0 atom stereocenters. The fourth-order valence-corrected chi connectivity index (χ4v) is 2.77. The number of rotatable bonds is 9. The van der Waals surface area contributed by atoms with E-state index in [0.29, 0.717) is 22.7 Å². The van der Waals surface area contributed by atoms with E-state index in [2.05, 4.69) is 25.3 Å². The maximum Gasteiger partial charge on any atom is 0.573 e. The summed E-state index contributed by atoms with van der Waals surface area (Å²) in [6.07, 6.45) is -4.85. The van der Waals surface area contributed by atoms with Crippen molar-refractivity contribution < 1.29 is 37.3 Å². The molecule has 9 nitrogen and oxygen atoms in total. The third kappa shape index (κ3) is 6.89. The second-order valence-corrected chi connectivity index (χ2v) is 6.51. The van der Waals surface area contributed by atoms with E-state index in [4.69, 9.17) is 14.6 Å². The van der Waals surface area contributed by atoms with Crippen LogP contribution in [0.5, 0.6) is 17.2 Å². The summed E-state index contributed by atoms with van der Waals surface area (Å²) in [7, 11) is 2.98. The van der Waals surface area contributed by atoms with Crippen LogP contribution < -0.4 is 24.8 Å². The number of anilines is 3. The van der Waals surface area contributed by atoms with Gasteiger partial charge in [-0.1, -0.05) is 12.1 Å². The number of methoxy groups -OCH3 is 2. The third-order valence-electron chi connectivity index (χ3n) is 4.11. The van der Waals surface area contributed by atoms with Gasteiger partial charge < -0.3 is 30.0 Å². The van der Waals surface area contributed by atoms with Gasteiger partial charge in [-0.25, -0.2) is 4.98 Å². The number of hydrogen-bond acceptors (Lipinski definition) is 8. The molecule has 174 valence electrons. The Hall–Kier alpha value is -4.22. The van der Waals surface area contributed by atoms with Crippen LogP contribution in [-0.2, 0) is 4.79 Å². The quantitative estimate of drug-likeness (QED) is 0.426. The van der Waals surface area contributed by atoms with E-state index in [9.17, 15) is 18.0 Å². The molecule has 0 radical (unpaired) electrons. The molecule has 0 unspecified atom stereocenters. The summed E-state index contributed by atoms with van der Waals surface area (Å²) in [6.45, 7) is -0.465. The molecule has 0 spiro atoms. The Morgan fingerprint density at radius 1 is 1.00 bits per heavy atom. The normalized spacial score (nSPS) is 10.9. The number of aromatic nitrogens is 2. The smallest absolute Gasteiger partial charge is 0.497 e. The number of carbonyl (C=O) groups is 1. The Balaban J connectivity index is 2.00. The lowest BCUT2D eigenvalue weighted by Gasteiger charge is -2.13. The molecule has 0 amide bonds. The van der Waals surface area contributed by atoms with Gasteiger partial charge in [0, 0.05) is 35.5 Å². The Morgan fingerprint density at radius 2 is 1.70 bits per heavy atom. The maximum atomic E-state index is 12.6. The molecule has 2 aromatic carbocycles. The minimum Gasteiger partial charge on any atom is -0.497 e. The van der Waals surface area contributed by atoms with Crippen LogP contribution in [0, 0.1) is 0 Å². The topological polar surface area (TPSA) is 115 Å². The molecule has 3 N–H and O–H groups in total. The van der Waals surface area contributed by atoms with Crippen molar-refractivity contribution >= 4 is 23.4 Å². The SMILES string of the molecule is COc1cc(Nc2cc(-c3cccc(OC(F)(F)F)c3)nc(NCC(=O)O)n2)cc(OC)c1. The van der Waals surface area contributed by atoms with Crippen molar-refractivity contribution in [3.05, 3.63) is 48.5 Å². The van der Waals surface area contributed by atoms with E-state index in [1.54, 1.807) is 18.2 Å². The van der Waals surface area contributed by atoms with Crippen LogP contribution in [0.4, 0.5) is 30.6 Å². The standard InChI is InChI=1S/C21H19F3N4O5/c1-31-15-7-13(8-16(9-15)32-2)26-18-10-17(27-20(28-18)25-11-19(29)30)12-4-3-5-14(6-12)33-21(22,23)24/h3-10H,11H2,1-2H3,(H,29,30)(H2,25,26,27,28). The van der Waals surface area contributed by atoms with E-state index in [1.807, 2.05) is 0 Å². The number of benzene rings is 2. The number of nitrogens with one attached hydrogen (secondary N) is 2. The largest absolute Gasteiger partial charge is 0.573 e. The summed E-state index contributed by atoms with van der Waals surface area (Å²) in [5, 5.41) is 14.5. The second-order valence-electron chi connectivity index (χ2n) is 6.51. The number of hydrogen-bond donors (Lipinski definition) is 3. The number of aliphatic carboxylic acids is 1. The van der Waals surface area contributed by atoms with Crippen molar-refractivity contribution in [2.24, 2.45) is 0 Å². The first-order valence-electron chi connectivity index (χ1n) is 9.36. The first-order chi connectivity index (χ1) is 15.6. The van der Waals surface area contributed by atoms with Gasteiger partial charge in [0.15, 0.2) is 0 Å². The van der Waals surface area contributed by atoms with Crippen LogP contribution in [-0.4, -0.2) is 48.2 Å². The van der Waals surface area contributed by atoms with Gasteiger partial charge in [0.2, 0.25) is 5.95 Å². The van der Waals surface area contributed by atoms with Gasteiger partial charge in [-0.15, -0.1) is 13.2 Å². The molecule has 12 heteroatoms.